The maximum atomic E-state index is 12.7. The van der Waals surface area contributed by atoms with Gasteiger partial charge in [0.1, 0.15) is 0 Å². The summed E-state index contributed by atoms with van der Waals surface area (Å²) in [5.41, 5.74) is 0.320. The molecule has 0 aromatic rings. The molecular formula is C18H32N2O2S. The lowest BCUT2D eigenvalue weighted by atomic mass is 9.84. The first-order chi connectivity index (χ1) is 11.2. The molecule has 1 amide bonds. The molecule has 0 saturated carbocycles. The van der Waals surface area contributed by atoms with Gasteiger partial charge in [0.25, 0.3) is 0 Å². The molecular weight excluding hydrogens is 308 g/mol. The Bertz CT molecular complexity index is 404. The second-order valence-electron chi connectivity index (χ2n) is 7.40. The van der Waals surface area contributed by atoms with Gasteiger partial charge < -0.3 is 9.64 Å². The maximum absolute atomic E-state index is 12.7. The fourth-order valence-electron chi connectivity index (χ4n) is 4.59. The Kier molecular flexibility index (Phi) is 5.92. The Labute approximate surface area is 145 Å². The van der Waals surface area contributed by atoms with Gasteiger partial charge in [-0.05, 0) is 64.0 Å². The third kappa shape index (κ3) is 3.72. The number of nitrogens with zero attached hydrogens (tertiary/aromatic N) is 2. The van der Waals surface area contributed by atoms with Gasteiger partial charge in [-0.25, -0.2) is 0 Å². The van der Waals surface area contributed by atoms with E-state index in [4.69, 9.17) is 4.74 Å². The standard InChI is InChI=1S/C18H32N2O2S/c1-3-22-14-16-4-7-18(19(16)2)8-10-20(11-9-18)17(21)15-5-12-23-13-6-15/h15-16H,3-14H2,1-2H3/t16-/m1/s1. The van der Waals surface area contributed by atoms with E-state index in [9.17, 15) is 4.79 Å². The van der Waals surface area contributed by atoms with Gasteiger partial charge in [0.15, 0.2) is 0 Å². The molecule has 132 valence electrons. The van der Waals surface area contributed by atoms with Crippen molar-refractivity contribution in [2.24, 2.45) is 5.92 Å². The minimum atomic E-state index is 0.303. The highest BCUT2D eigenvalue weighted by molar-refractivity contribution is 7.99. The van der Waals surface area contributed by atoms with Gasteiger partial charge in [0.2, 0.25) is 5.91 Å². The first-order valence-electron chi connectivity index (χ1n) is 9.33. The van der Waals surface area contributed by atoms with Crippen molar-refractivity contribution in [1.82, 2.24) is 9.80 Å². The molecule has 3 rings (SSSR count). The van der Waals surface area contributed by atoms with Gasteiger partial charge in [-0.1, -0.05) is 0 Å². The lowest BCUT2D eigenvalue weighted by Gasteiger charge is -2.45. The monoisotopic (exact) mass is 340 g/mol. The summed E-state index contributed by atoms with van der Waals surface area (Å²) in [7, 11) is 2.27. The number of piperidine rings is 1. The topological polar surface area (TPSA) is 32.8 Å². The number of hydrogen-bond acceptors (Lipinski definition) is 4. The van der Waals surface area contributed by atoms with Crippen molar-refractivity contribution in [3.63, 3.8) is 0 Å². The number of likely N-dealkylation sites (tertiary alicyclic amines) is 2. The first-order valence-corrected chi connectivity index (χ1v) is 10.5. The second-order valence-corrected chi connectivity index (χ2v) is 8.62. The minimum absolute atomic E-state index is 0.303. The van der Waals surface area contributed by atoms with Gasteiger partial charge in [-0.15, -0.1) is 0 Å². The van der Waals surface area contributed by atoms with Crippen LogP contribution in [0.15, 0.2) is 0 Å². The van der Waals surface area contributed by atoms with Crippen molar-refractivity contribution in [2.75, 3.05) is 44.9 Å². The van der Waals surface area contributed by atoms with Crippen molar-refractivity contribution in [1.29, 1.82) is 0 Å². The van der Waals surface area contributed by atoms with Crippen LogP contribution in [0.4, 0.5) is 0 Å². The second kappa shape index (κ2) is 7.75. The van der Waals surface area contributed by atoms with Crippen LogP contribution in [0.5, 0.6) is 0 Å². The molecule has 3 aliphatic heterocycles. The lowest BCUT2D eigenvalue weighted by Crippen LogP contribution is -2.54. The molecule has 3 saturated heterocycles. The Hall–Kier alpha value is -0.260. The third-order valence-corrected chi connectivity index (χ3v) is 7.38. The number of thioether (sulfide) groups is 1. The predicted molar refractivity (Wildman–Crippen MR) is 95.9 cm³/mol. The van der Waals surface area contributed by atoms with Crippen LogP contribution < -0.4 is 0 Å². The average Bonchev–Trinajstić information content (AvgIpc) is 2.90. The summed E-state index contributed by atoms with van der Waals surface area (Å²) in [6.45, 7) is 5.64. The van der Waals surface area contributed by atoms with E-state index in [0.29, 0.717) is 23.4 Å². The summed E-state index contributed by atoms with van der Waals surface area (Å²) in [5.74, 6) is 3.07. The van der Waals surface area contributed by atoms with Crippen molar-refractivity contribution in [3.8, 4) is 0 Å². The zero-order valence-electron chi connectivity index (χ0n) is 14.8. The van der Waals surface area contributed by atoms with Crippen molar-refractivity contribution in [3.05, 3.63) is 0 Å². The normalized spacial score (nSPS) is 29.3. The van der Waals surface area contributed by atoms with Gasteiger partial charge in [0, 0.05) is 37.2 Å². The zero-order chi connectivity index (χ0) is 16.3. The van der Waals surface area contributed by atoms with Crippen LogP contribution in [0.1, 0.15) is 45.4 Å². The fraction of sp³-hybridized carbons (Fsp3) is 0.944. The number of likely N-dealkylation sites (N-methyl/N-ethyl adjacent to an activating group) is 1. The highest BCUT2D eigenvalue weighted by atomic mass is 32.2. The molecule has 3 fully saturated rings. The van der Waals surface area contributed by atoms with E-state index in [1.165, 1.54) is 12.8 Å². The predicted octanol–water partition coefficient (Wildman–Crippen LogP) is 2.62. The zero-order valence-corrected chi connectivity index (χ0v) is 15.6. The number of rotatable bonds is 4. The largest absolute Gasteiger partial charge is 0.380 e. The molecule has 3 heterocycles. The van der Waals surface area contributed by atoms with Crippen molar-refractivity contribution in [2.45, 2.75) is 57.0 Å². The molecule has 0 aliphatic carbocycles. The molecule has 1 spiro atoms. The van der Waals surface area contributed by atoms with Crippen LogP contribution in [-0.4, -0.2) is 72.1 Å². The highest BCUT2D eigenvalue weighted by Crippen LogP contribution is 2.41. The molecule has 4 nitrogen and oxygen atoms in total. The molecule has 0 aromatic carbocycles. The minimum Gasteiger partial charge on any atom is -0.380 e. The van der Waals surface area contributed by atoms with E-state index in [1.54, 1.807) is 0 Å². The van der Waals surface area contributed by atoms with Crippen LogP contribution in [-0.2, 0) is 9.53 Å². The van der Waals surface area contributed by atoms with Gasteiger partial charge in [-0.3, -0.25) is 9.69 Å². The van der Waals surface area contributed by atoms with E-state index in [-0.39, 0.29) is 0 Å². The van der Waals surface area contributed by atoms with Crippen LogP contribution >= 0.6 is 11.8 Å². The maximum Gasteiger partial charge on any atom is 0.225 e. The summed E-state index contributed by atoms with van der Waals surface area (Å²) in [5, 5.41) is 0. The Morgan fingerprint density at radius 3 is 2.52 bits per heavy atom. The summed E-state index contributed by atoms with van der Waals surface area (Å²) in [4.78, 5) is 17.5. The summed E-state index contributed by atoms with van der Waals surface area (Å²) < 4.78 is 5.65. The van der Waals surface area contributed by atoms with E-state index in [2.05, 4.69) is 23.8 Å². The molecule has 5 heteroatoms. The third-order valence-electron chi connectivity index (χ3n) is 6.33. The lowest BCUT2D eigenvalue weighted by molar-refractivity contribution is -0.138. The van der Waals surface area contributed by atoms with E-state index in [0.717, 1.165) is 63.5 Å². The van der Waals surface area contributed by atoms with E-state index >= 15 is 0 Å². The average molecular weight is 341 g/mol. The SMILES string of the molecule is CCOC[C@H]1CCC2(CCN(C(=O)C3CCSCC3)CC2)N1C. The van der Waals surface area contributed by atoms with Gasteiger partial charge in [0.05, 0.1) is 6.61 Å². The molecule has 0 aromatic heterocycles. The molecule has 0 N–H and O–H groups in total. The number of hydrogen-bond donors (Lipinski definition) is 0. The molecule has 23 heavy (non-hydrogen) atoms. The van der Waals surface area contributed by atoms with Gasteiger partial charge in [-0.2, -0.15) is 11.8 Å². The highest BCUT2D eigenvalue weighted by Gasteiger charge is 2.46. The molecule has 0 bridgehead atoms. The number of carbonyl (C=O) groups is 1. The Morgan fingerprint density at radius 2 is 1.87 bits per heavy atom. The molecule has 0 radical (unpaired) electrons. The number of ether oxygens (including phenoxy) is 1. The van der Waals surface area contributed by atoms with Crippen LogP contribution in [0.2, 0.25) is 0 Å². The number of amides is 1. The quantitative estimate of drug-likeness (QED) is 0.788. The molecule has 1 atom stereocenters. The number of carbonyl (C=O) groups excluding carboxylic acids is 1. The van der Waals surface area contributed by atoms with Crippen molar-refractivity contribution >= 4 is 17.7 Å². The Balaban J connectivity index is 1.52. The van der Waals surface area contributed by atoms with Gasteiger partial charge >= 0.3 is 0 Å². The molecule has 0 unspecified atom stereocenters. The Morgan fingerprint density at radius 1 is 1.17 bits per heavy atom. The smallest absolute Gasteiger partial charge is 0.225 e. The summed E-state index contributed by atoms with van der Waals surface area (Å²) in [6, 6.07) is 0.563. The van der Waals surface area contributed by atoms with Crippen LogP contribution in [0, 0.1) is 5.92 Å². The van der Waals surface area contributed by atoms with E-state index < -0.39 is 0 Å². The fourth-order valence-corrected chi connectivity index (χ4v) is 5.70. The molecule has 3 aliphatic rings. The van der Waals surface area contributed by atoms with Crippen molar-refractivity contribution < 1.29 is 9.53 Å². The summed E-state index contributed by atoms with van der Waals surface area (Å²) >= 11 is 2.00. The van der Waals surface area contributed by atoms with Crippen LogP contribution in [0.25, 0.3) is 0 Å². The first kappa shape index (κ1) is 17.6. The van der Waals surface area contributed by atoms with Crippen LogP contribution in [0.3, 0.4) is 0 Å². The summed E-state index contributed by atoms with van der Waals surface area (Å²) in [6.07, 6.45) is 6.95. The van der Waals surface area contributed by atoms with E-state index in [1.807, 2.05) is 11.8 Å².